The van der Waals surface area contributed by atoms with Crippen molar-refractivity contribution in [1.82, 2.24) is 9.29 Å². The first-order chi connectivity index (χ1) is 8.33. The van der Waals surface area contributed by atoms with Gasteiger partial charge >= 0.3 is 0 Å². The number of carbonyl (C=O) groups is 1. The summed E-state index contributed by atoms with van der Waals surface area (Å²) < 4.78 is 24.1. The third kappa shape index (κ3) is 3.97. The second-order valence-corrected chi connectivity index (χ2v) is 6.12. The lowest BCUT2D eigenvalue weighted by molar-refractivity contribution is 0.1000. The Balaban J connectivity index is 2.52. The molecule has 0 saturated heterocycles. The Labute approximate surface area is 106 Å². The zero-order valence-electron chi connectivity index (χ0n) is 10.3. The van der Waals surface area contributed by atoms with Crippen molar-refractivity contribution in [3.8, 4) is 0 Å². The van der Waals surface area contributed by atoms with Crippen LogP contribution < -0.4 is 11.1 Å². The summed E-state index contributed by atoms with van der Waals surface area (Å²) >= 11 is 0. The molecule has 0 aromatic carbocycles. The lowest BCUT2D eigenvalue weighted by Crippen LogP contribution is -2.28. The SMILES string of the molecule is CN(C)S(=O)(=O)CCNc1ccc(C(N)=O)cn1. The number of rotatable bonds is 6. The molecule has 7 nitrogen and oxygen atoms in total. The maximum absolute atomic E-state index is 11.5. The van der Waals surface area contributed by atoms with Gasteiger partial charge in [-0.25, -0.2) is 17.7 Å². The molecule has 0 atom stereocenters. The summed E-state index contributed by atoms with van der Waals surface area (Å²) in [6, 6.07) is 3.10. The van der Waals surface area contributed by atoms with Crippen LogP contribution >= 0.6 is 0 Å². The van der Waals surface area contributed by atoms with E-state index in [1.54, 1.807) is 6.07 Å². The third-order valence-corrected chi connectivity index (χ3v) is 4.10. The largest absolute Gasteiger partial charge is 0.369 e. The minimum atomic E-state index is -3.22. The Hall–Kier alpha value is -1.67. The van der Waals surface area contributed by atoms with Crippen molar-refractivity contribution < 1.29 is 13.2 Å². The predicted octanol–water partition coefficient (Wildman–Crippen LogP) is -0.516. The zero-order chi connectivity index (χ0) is 13.8. The molecular formula is C10H16N4O3S. The summed E-state index contributed by atoms with van der Waals surface area (Å²) in [4.78, 5) is 14.8. The number of nitrogens with one attached hydrogen (secondary N) is 1. The minimum absolute atomic E-state index is 0.0285. The average molecular weight is 272 g/mol. The van der Waals surface area contributed by atoms with E-state index in [0.29, 0.717) is 11.4 Å². The van der Waals surface area contributed by atoms with E-state index >= 15 is 0 Å². The monoisotopic (exact) mass is 272 g/mol. The number of amides is 1. The molecule has 0 saturated carbocycles. The number of nitrogens with two attached hydrogens (primary N) is 1. The van der Waals surface area contributed by atoms with Crippen molar-refractivity contribution >= 4 is 21.7 Å². The van der Waals surface area contributed by atoms with Gasteiger partial charge in [-0.2, -0.15) is 0 Å². The van der Waals surface area contributed by atoms with Gasteiger partial charge < -0.3 is 11.1 Å². The van der Waals surface area contributed by atoms with Crippen LogP contribution in [0.1, 0.15) is 10.4 Å². The smallest absolute Gasteiger partial charge is 0.250 e. The first-order valence-corrected chi connectivity index (χ1v) is 6.84. The quantitative estimate of drug-likeness (QED) is 0.725. The normalized spacial score (nSPS) is 11.5. The molecule has 0 bridgehead atoms. The zero-order valence-corrected chi connectivity index (χ0v) is 11.1. The fourth-order valence-electron chi connectivity index (χ4n) is 1.13. The Morgan fingerprint density at radius 2 is 2.11 bits per heavy atom. The topological polar surface area (TPSA) is 105 Å². The van der Waals surface area contributed by atoms with E-state index in [1.165, 1.54) is 26.4 Å². The number of sulfonamides is 1. The van der Waals surface area contributed by atoms with Crippen LogP contribution in [0.5, 0.6) is 0 Å². The molecule has 1 amide bonds. The molecule has 8 heteroatoms. The van der Waals surface area contributed by atoms with Gasteiger partial charge in [-0.3, -0.25) is 4.79 Å². The molecule has 0 aliphatic carbocycles. The van der Waals surface area contributed by atoms with Crippen LogP contribution in [0.25, 0.3) is 0 Å². The van der Waals surface area contributed by atoms with Gasteiger partial charge in [0.2, 0.25) is 15.9 Å². The molecule has 0 fully saturated rings. The van der Waals surface area contributed by atoms with Crippen LogP contribution in [-0.2, 0) is 10.0 Å². The summed E-state index contributed by atoms with van der Waals surface area (Å²) in [5.41, 5.74) is 5.38. The summed E-state index contributed by atoms with van der Waals surface area (Å²) in [5, 5.41) is 2.85. The highest BCUT2D eigenvalue weighted by Gasteiger charge is 2.12. The Morgan fingerprint density at radius 3 is 2.56 bits per heavy atom. The Kier molecular flexibility index (Phi) is 4.62. The van der Waals surface area contributed by atoms with Crippen LogP contribution in [0.4, 0.5) is 5.82 Å². The fraction of sp³-hybridized carbons (Fsp3) is 0.400. The number of pyridine rings is 1. The molecule has 18 heavy (non-hydrogen) atoms. The maximum atomic E-state index is 11.5. The van der Waals surface area contributed by atoms with Crippen molar-refractivity contribution in [3.63, 3.8) is 0 Å². The summed E-state index contributed by atoms with van der Waals surface area (Å²) in [5.74, 6) is -0.0858. The van der Waals surface area contributed by atoms with Crippen molar-refractivity contribution in [1.29, 1.82) is 0 Å². The molecular weight excluding hydrogens is 256 g/mol. The number of hydrogen-bond donors (Lipinski definition) is 2. The number of nitrogens with zero attached hydrogens (tertiary/aromatic N) is 2. The lowest BCUT2D eigenvalue weighted by atomic mass is 10.3. The first-order valence-electron chi connectivity index (χ1n) is 5.23. The van der Waals surface area contributed by atoms with Crippen LogP contribution in [0.3, 0.4) is 0 Å². The van der Waals surface area contributed by atoms with E-state index in [9.17, 15) is 13.2 Å². The van der Waals surface area contributed by atoms with Gasteiger partial charge in [0.25, 0.3) is 0 Å². The van der Waals surface area contributed by atoms with Gasteiger partial charge in [0.05, 0.1) is 11.3 Å². The molecule has 1 aromatic rings. The van der Waals surface area contributed by atoms with Crippen LogP contribution in [0.2, 0.25) is 0 Å². The number of hydrogen-bond acceptors (Lipinski definition) is 5. The van der Waals surface area contributed by atoms with Crippen molar-refractivity contribution in [2.45, 2.75) is 0 Å². The molecule has 0 aliphatic rings. The third-order valence-electron chi connectivity index (χ3n) is 2.27. The minimum Gasteiger partial charge on any atom is -0.369 e. The van der Waals surface area contributed by atoms with Crippen LogP contribution in [-0.4, -0.2) is 50.0 Å². The molecule has 1 rings (SSSR count). The van der Waals surface area contributed by atoms with Gasteiger partial charge in [-0.05, 0) is 12.1 Å². The summed E-state index contributed by atoms with van der Waals surface area (Å²) in [7, 11) is -0.258. The molecule has 0 aliphatic heterocycles. The highest BCUT2D eigenvalue weighted by molar-refractivity contribution is 7.89. The number of anilines is 1. The second-order valence-electron chi connectivity index (χ2n) is 3.82. The fourth-order valence-corrected chi connectivity index (χ4v) is 1.86. The van der Waals surface area contributed by atoms with Crippen molar-refractivity contribution in [2.24, 2.45) is 5.73 Å². The predicted molar refractivity (Wildman–Crippen MR) is 68.7 cm³/mol. The van der Waals surface area contributed by atoms with E-state index < -0.39 is 15.9 Å². The van der Waals surface area contributed by atoms with Gasteiger partial charge in [-0.15, -0.1) is 0 Å². The molecule has 0 spiro atoms. The van der Waals surface area contributed by atoms with Crippen LogP contribution in [0, 0.1) is 0 Å². The van der Waals surface area contributed by atoms with E-state index in [4.69, 9.17) is 5.73 Å². The van der Waals surface area contributed by atoms with Gasteiger partial charge in [-0.1, -0.05) is 0 Å². The average Bonchev–Trinajstić information content (AvgIpc) is 2.29. The van der Waals surface area contributed by atoms with E-state index in [1.807, 2.05) is 0 Å². The van der Waals surface area contributed by atoms with Gasteiger partial charge in [0.1, 0.15) is 5.82 Å². The molecule has 1 aromatic heterocycles. The van der Waals surface area contributed by atoms with Gasteiger partial charge in [0, 0.05) is 26.8 Å². The maximum Gasteiger partial charge on any atom is 0.250 e. The van der Waals surface area contributed by atoms with E-state index in [2.05, 4.69) is 10.3 Å². The summed E-state index contributed by atoms with van der Waals surface area (Å²) in [6.45, 7) is 0.240. The van der Waals surface area contributed by atoms with Crippen molar-refractivity contribution in [2.75, 3.05) is 31.7 Å². The van der Waals surface area contributed by atoms with Crippen molar-refractivity contribution in [3.05, 3.63) is 23.9 Å². The summed E-state index contributed by atoms with van der Waals surface area (Å²) in [6.07, 6.45) is 1.34. The van der Waals surface area contributed by atoms with E-state index in [-0.39, 0.29) is 12.3 Å². The standard InChI is InChI=1S/C10H16N4O3S/c1-14(2)18(16,17)6-5-12-9-4-3-8(7-13-9)10(11)15/h3-4,7H,5-6H2,1-2H3,(H2,11,15)(H,12,13). The number of aromatic nitrogens is 1. The molecule has 0 unspecified atom stereocenters. The Bertz CT molecular complexity index is 510. The lowest BCUT2D eigenvalue weighted by Gasteiger charge is -2.11. The highest BCUT2D eigenvalue weighted by atomic mass is 32.2. The number of primary amides is 1. The number of carbonyl (C=O) groups excluding carboxylic acids is 1. The highest BCUT2D eigenvalue weighted by Crippen LogP contribution is 2.04. The molecule has 1 heterocycles. The molecule has 0 radical (unpaired) electrons. The first kappa shape index (κ1) is 14.4. The molecule has 100 valence electrons. The molecule has 3 N–H and O–H groups in total. The Morgan fingerprint density at radius 1 is 1.44 bits per heavy atom. The second kappa shape index (κ2) is 5.78. The van der Waals surface area contributed by atoms with E-state index in [0.717, 1.165) is 4.31 Å². The van der Waals surface area contributed by atoms with Gasteiger partial charge in [0.15, 0.2) is 0 Å². The van der Waals surface area contributed by atoms with Crippen LogP contribution in [0.15, 0.2) is 18.3 Å².